The highest BCUT2D eigenvalue weighted by atomic mass is 35.5. The van der Waals surface area contributed by atoms with Gasteiger partial charge in [0.25, 0.3) is 0 Å². The van der Waals surface area contributed by atoms with Crippen LogP contribution in [-0.4, -0.2) is 22.4 Å². The number of hydrogen-bond acceptors (Lipinski definition) is 3. The molecule has 0 fully saturated rings. The van der Waals surface area contributed by atoms with Gasteiger partial charge in [-0.2, -0.15) is 0 Å². The highest BCUT2D eigenvalue weighted by Crippen LogP contribution is 2.39. The number of benzene rings is 1. The normalized spacial score (nSPS) is 13.2. The summed E-state index contributed by atoms with van der Waals surface area (Å²) in [7, 11) is 1.61. The molecular weight excluding hydrogens is 314 g/mol. The Kier molecular flexibility index (Phi) is 3.96. The zero-order chi connectivity index (χ0) is 15.1. The monoisotopic (exact) mass is 329 g/mol. The number of halogens is 1. The molecule has 1 aromatic carbocycles. The lowest BCUT2D eigenvalue weighted by molar-refractivity contribution is -0.116. The van der Waals surface area contributed by atoms with E-state index in [4.69, 9.17) is 4.74 Å². The SMILES string of the molecule is COc1ccc(-c2cn3ccccc3n2)c2c1NC(=O)CC2.Cl. The number of nitrogens with zero attached hydrogens (tertiary/aromatic N) is 2. The molecule has 5 nitrogen and oxygen atoms in total. The highest BCUT2D eigenvalue weighted by molar-refractivity contribution is 5.97. The molecule has 1 aliphatic rings. The summed E-state index contributed by atoms with van der Waals surface area (Å²) in [6, 6.07) is 9.81. The van der Waals surface area contributed by atoms with Gasteiger partial charge in [0.1, 0.15) is 11.4 Å². The van der Waals surface area contributed by atoms with Gasteiger partial charge >= 0.3 is 0 Å². The lowest BCUT2D eigenvalue weighted by Gasteiger charge is -2.21. The Bertz CT molecular complexity index is 856. The average Bonchev–Trinajstić information content (AvgIpc) is 2.97. The first-order valence-electron chi connectivity index (χ1n) is 7.20. The zero-order valence-corrected chi connectivity index (χ0v) is 13.4. The molecule has 23 heavy (non-hydrogen) atoms. The van der Waals surface area contributed by atoms with Crippen LogP contribution in [0.15, 0.2) is 42.7 Å². The molecule has 118 valence electrons. The molecule has 1 aliphatic heterocycles. The van der Waals surface area contributed by atoms with Crippen molar-refractivity contribution in [1.29, 1.82) is 0 Å². The smallest absolute Gasteiger partial charge is 0.224 e. The van der Waals surface area contributed by atoms with E-state index in [1.165, 1.54) is 0 Å². The minimum absolute atomic E-state index is 0. The number of fused-ring (bicyclic) bond motifs is 2. The third-order valence-electron chi connectivity index (χ3n) is 4.00. The summed E-state index contributed by atoms with van der Waals surface area (Å²) >= 11 is 0. The molecule has 2 aromatic heterocycles. The van der Waals surface area contributed by atoms with Gasteiger partial charge in [-0.05, 0) is 36.2 Å². The van der Waals surface area contributed by atoms with Gasteiger partial charge in [-0.1, -0.05) is 6.07 Å². The highest BCUT2D eigenvalue weighted by Gasteiger charge is 2.23. The van der Waals surface area contributed by atoms with E-state index in [-0.39, 0.29) is 18.3 Å². The maximum Gasteiger partial charge on any atom is 0.224 e. The predicted molar refractivity (Wildman–Crippen MR) is 91.4 cm³/mol. The molecule has 0 aliphatic carbocycles. The van der Waals surface area contributed by atoms with E-state index in [1.54, 1.807) is 7.11 Å². The van der Waals surface area contributed by atoms with Crippen molar-refractivity contribution in [3.05, 3.63) is 48.3 Å². The number of methoxy groups -OCH3 is 1. The zero-order valence-electron chi connectivity index (χ0n) is 12.6. The van der Waals surface area contributed by atoms with Crippen molar-refractivity contribution in [3.63, 3.8) is 0 Å². The number of carbonyl (C=O) groups excluding carboxylic acids is 1. The molecule has 6 heteroatoms. The van der Waals surface area contributed by atoms with E-state index in [1.807, 2.05) is 47.1 Å². The van der Waals surface area contributed by atoms with Gasteiger partial charge in [0.2, 0.25) is 5.91 Å². The van der Waals surface area contributed by atoms with Crippen LogP contribution in [0.5, 0.6) is 5.75 Å². The summed E-state index contributed by atoms with van der Waals surface area (Å²) in [5.74, 6) is 0.716. The summed E-state index contributed by atoms with van der Waals surface area (Å²) in [5, 5.41) is 2.92. The van der Waals surface area contributed by atoms with Crippen molar-refractivity contribution in [3.8, 4) is 17.0 Å². The van der Waals surface area contributed by atoms with E-state index in [9.17, 15) is 4.79 Å². The molecule has 0 radical (unpaired) electrons. The Morgan fingerprint density at radius 1 is 1.22 bits per heavy atom. The van der Waals surface area contributed by atoms with Crippen molar-refractivity contribution >= 4 is 29.6 Å². The number of aromatic nitrogens is 2. The van der Waals surface area contributed by atoms with Crippen molar-refractivity contribution in [2.24, 2.45) is 0 Å². The van der Waals surface area contributed by atoms with Gasteiger partial charge in [-0.15, -0.1) is 12.4 Å². The maximum absolute atomic E-state index is 11.7. The molecule has 0 spiro atoms. The fraction of sp³-hybridized carbons (Fsp3) is 0.176. The van der Waals surface area contributed by atoms with E-state index < -0.39 is 0 Å². The summed E-state index contributed by atoms with van der Waals surface area (Å²) in [5.41, 5.74) is 4.71. The Hall–Kier alpha value is -2.53. The van der Waals surface area contributed by atoms with Crippen LogP contribution in [0.25, 0.3) is 16.9 Å². The lowest BCUT2D eigenvalue weighted by atomic mass is 9.95. The second kappa shape index (κ2) is 5.93. The Morgan fingerprint density at radius 3 is 2.87 bits per heavy atom. The number of anilines is 1. The van der Waals surface area contributed by atoms with Crippen molar-refractivity contribution in [1.82, 2.24) is 9.38 Å². The average molecular weight is 330 g/mol. The third-order valence-corrected chi connectivity index (χ3v) is 4.00. The standard InChI is InChI=1S/C17H15N3O2.ClH/c1-22-14-7-5-11(12-6-8-16(21)19-17(12)14)13-10-20-9-3-2-4-15(20)18-13;/h2-5,7,9-10H,6,8H2,1H3,(H,19,21);1H. The van der Waals surface area contributed by atoms with E-state index in [2.05, 4.69) is 10.3 Å². The van der Waals surface area contributed by atoms with Gasteiger partial charge in [-0.3, -0.25) is 4.79 Å². The molecule has 4 rings (SSSR count). The number of carbonyl (C=O) groups is 1. The van der Waals surface area contributed by atoms with Crippen LogP contribution in [0.4, 0.5) is 5.69 Å². The number of imidazole rings is 1. The topological polar surface area (TPSA) is 55.6 Å². The molecule has 0 saturated heterocycles. The fourth-order valence-electron chi connectivity index (χ4n) is 2.94. The third kappa shape index (κ3) is 2.53. The van der Waals surface area contributed by atoms with E-state index >= 15 is 0 Å². The number of hydrogen-bond donors (Lipinski definition) is 1. The van der Waals surface area contributed by atoms with Crippen LogP contribution < -0.4 is 10.1 Å². The Balaban J connectivity index is 0.00000156. The molecule has 0 unspecified atom stereocenters. The van der Waals surface area contributed by atoms with Gasteiger partial charge < -0.3 is 14.5 Å². The number of pyridine rings is 1. The summed E-state index contributed by atoms with van der Waals surface area (Å²) in [4.78, 5) is 16.4. The van der Waals surface area contributed by atoms with Crippen molar-refractivity contribution < 1.29 is 9.53 Å². The number of amides is 1. The molecule has 0 atom stereocenters. The minimum Gasteiger partial charge on any atom is -0.495 e. The van der Waals surface area contributed by atoms with Crippen molar-refractivity contribution in [2.75, 3.05) is 12.4 Å². The molecule has 3 heterocycles. The number of rotatable bonds is 2. The van der Waals surface area contributed by atoms with Crippen LogP contribution in [0.2, 0.25) is 0 Å². The first kappa shape index (κ1) is 15.4. The summed E-state index contributed by atoms with van der Waals surface area (Å²) in [6.45, 7) is 0. The van der Waals surface area contributed by atoms with Crippen LogP contribution in [0.1, 0.15) is 12.0 Å². The number of nitrogens with one attached hydrogen (secondary N) is 1. The summed E-state index contributed by atoms with van der Waals surface area (Å²) in [6.07, 6.45) is 5.17. The van der Waals surface area contributed by atoms with E-state index in [0.29, 0.717) is 18.6 Å². The molecular formula is C17H16ClN3O2. The Morgan fingerprint density at radius 2 is 2.09 bits per heavy atom. The second-order valence-electron chi connectivity index (χ2n) is 5.31. The molecule has 1 amide bonds. The quantitative estimate of drug-likeness (QED) is 0.784. The van der Waals surface area contributed by atoms with Crippen LogP contribution >= 0.6 is 12.4 Å². The first-order chi connectivity index (χ1) is 10.8. The second-order valence-corrected chi connectivity index (χ2v) is 5.31. The first-order valence-corrected chi connectivity index (χ1v) is 7.20. The molecule has 3 aromatic rings. The largest absolute Gasteiger partial charge is 0.495 e. The van der Waals surface area contributed by atoms with E-state index in [0.717, 1.165) is 28.2 Å². The van der Waals surface area contributed by atoms with Crippen LogP contribution in [0.3, 0.4) is 0 Å². The van der Waals surface area contributed by atoms with Gasteiger partial charge in [0, 0.05) is 24.4 Å². The van der Waals surface area contributed by atoms with Crippen molar-refractivity contribution in [2.45, 2.75) is 12.8 Å². The predicted octanol–water partition coefficient (Wildman–Crippen LogP) is 3.32. The minimum atomic E-state index is 0. The Labute approximate surface area is 139 Å². The summed E-state index contributed by atoms with van der Waals surface area (Å²) < 4.78 is 7.36. The lowest BCUT2D eigenvalue weighted by Crippen LogP contribution is -2.20. The van der Waals surface area contributed by atoms with Crippen LogP contribution in [-0.2, 0) is 11.2 Å². The molecule has 0 bridgehead atoms. The van der Waals surface area contributed by atoms with Gasteiger partial charge in [0.15, 0.2) is 0 Å². The molecule has 0 saturated carbocycles. The van der Waals surface area contributed by atoms with Gasteiger partial charge in [0.05, 0.1) is 18.5 Å². The van der Waals surface area contributed by atoms with Gasteiger partial charge in [-0.25, -0.2) is 4.98 Å². The fourth-order valence-corrected chi connectivity index (χ4v) is 2.94. The maximum atomic E-state index is 11.7. The molecule has 1 N–H and O–H groups in total. The number of ether oxygens (including phenoxy) is 1. The van der Waals surface area contributed by atoms with Crippen LogP contribution in [0, 0.1) is 0 Å².